The number of aromatic carboxylic acids is 1. The maximum Gasteiger partial charge on any atom is 0.339 e. The monoisotopic (exact) mass is 408 g/mol. The lowest BCUT2D eigenvalue weighted by atomic mass is 10.1. The average Bonchev–Trinajstić information content (AvgIpc) is 2.72. The molecular formula is C24H24O6. The Labute approximate surface area is 174 Å². The van der Waals surface area contributed by atoms with Crippen molar-refractivity contribution in [3.05, 3.63) is 65.7 Å². The van der Waals surface area contributed by atoms with Crippen LogP contribution in [0.25, 0.3) is 10.8 Å². The van der Waals surface area contributed by atoms with Crippen LogP contribution in [0, 0.1) is 0 Å². The van der Waals surface area contributed by atoms with Crippen molar-refractivity contribution in [3.8, 4) is 17.2 Å². The summed E-state index contributed by atoms with van der Waals surface area (Å²) in [6, 6.07) is 15.6. The van der Waals surface area contributed by atoms with Crippen molar-refractivity contribution in [1.29, 1.82) is 0 Å². The van der Waals surface area contributed by atoms with Crippen LogP contribution in [0.3, 0.4) is 0 Å². The quantitative estimate of drug-likeness (QED) is 0.359. The zero-order chi connectivity index (χ0) is 21.5. The summed E-state index contributed by atoms with van der Waals surface area (Å²) < 4.78 is 11.5. The lowest BCUT2D eigenvalue weighted by molar-refractivity contribution is 0.0692. The smallest absolute Gasteiger partial charge is 0.339 e. The molecule has 0 radical (unpaired) electrons. The fourth-order valence-electron chi connectivity index (χ4n) is 3.30. The van der Waals surface area contributed by atoms with Gasteiger partial charge >= 0.3 is 5.97 Å². The molecule has 3 aromatic carbocycles. The topological polar surface area (TPSA) is 93.1 Å². The molecule has 3 aromatic rings. The van der Waals surface area contributed by atoms with Crippen LogP contribution >= 0.6 is 0 Å². The second-order valence-electron chi connectivity index (χ2n) is 6.93. The van der Waals surface area contributed by atoms with E-state index in [-0.39, 0.29) is 22.7 Å². The predicted molar refractivity (Wildman–Crippen MR) is 114 cm³/mol. The van der Waals surface area contributed by atoms with Gasteiger partial charge in [0.2, 0.25) is 0 Å². The molecule has 30 heavy (non-hydrogen) atoms. The van der Waals surface area contributed by atoms with Crippen LogP contribution in [-0.2, 0) is 0 Å². The highest BCUT2D eigenvalue weighted by Gasteiger charge is 2.15. The Bertz CT molecular complexity index is 1060. The first-order valence-electron chi connectivity index (χ1n) is 9.82. The number of hydrogen-bond donors (Lipinski definition) is 2. The summed E-state index contributed by atoms with van der Waals surface area (Å²) in [7, 11) is 0. The summed E-state index contributed by atoms with van der Waals surface area (Å²) in [5, 5.41) is 21.0. The molecular weight excluding hydrogens is 384 g/mol. The van der Waals surface area contributed by atoms with Crippen LogP contribution in [0.4, 0.5) is 0 Å². The van der Waals surface area contributed by atoms with Crippen molar-refractivity contribution in [2.24, 2.45) is 0 Å². The lowest BCUT2D eigenvalue weighted by Crippen LogP contribution is -2.06. The molecule has 0 heterocycles. The van der Waals surface area contributed by atoms with Gasteiger partial charge in [-0.25, -0.2) is 4.79 Å². The number of ether oxygens (including phenoxy) is 2. The standard InChI is InChI=1S/C24H24O6/c1-16(25)22-20(26)10-7-11-21(22)29-14-5-2-6-15-30-23-18-9-4-3-8-17(18)12-13-19(23)24(27)28/h3-4,7-13,26H,2,5-6,14-15H2,1H3,(H,27,28). The number of phenols is 1. The third-order valence-corrected chi connectivity index (χ3v) is 4.76. The van der Waals surface area contributed by atoms with E-state index >= 15 is 0 Å². The lowest BCUT2D eigenvalue weighted by Gasteiger charge is -2.13. The minimum atomic E-state index is -1.02. The number of rotatable bonds is 10. The van der Waals surface area contributed by atoms with Crippen LogP contribution in [0.1, 0.15) is 46.9 Å². The fraction of sp³-hybridized carbons (Fsp3) is 0.250. The predicted octanol–water partition coefficient (Wildman–Crippen LogP) is 5.07. The Kier molecular flexibility index (Phi) is 6.91. The Morgan fingerprint density at radius 3 is 2.33 bits per heavy atom. The van der Waals surface area contributed by atoms with Crippen LogP contribution < -0.4 is 9.47 Å². The zero-order valence-electron chi connectivity index (χ0n) is 16.8. The number of Topliss-reactive ketones (excluding diaryl/α,β-unsaturated/α-hetero) is 1. The third-order valence-electron chi connectivity index (χ3n) is 4.76. The number of ketones is 1. The second-order valence-corrected chi connectivity index (χ2v) is 6.93. The van der Waals surface area contributed by atoms with Gasteiger partial charge in [0.25, 0.3) is 0 Å². The number of carboxylic acids is 1. The number of unbranched alkanes of at least 4 members (excludes halogenated alkanes) is 2. The molecule has 2 N–H and O–H groups in total. The summed E-state index contributed by atoms with van der Waals surface area (Å²) in [4.78, 5) is 23.2. The van der Waals surface area contributed by atoms with Crippen molar-refractivity contribution >= 4 is 22.5 Å². The Morgan fingerprint density at radius 2 is 1.60 bits per heavy atom. The summed E-state index contributed by atoms with van der Waals surface area (Å²) in [5.74, 6) is -0.585. The van der Waals surface area contributed by atoms with Gasteiger partial charge in [-0.15, -0.1) is 0 Å². The Balaban J connectivity index is 1.51. The van der Waals surface area contributed by atoms with Crippen molar-refractivity contribution in [3.63, 3.8) is 0 Å². The van der Waals surface area contributed by atoms with Gasteiger partial charge in [-0.3, -0.25) is 4.79 Å². The number of benzene rings is 3. The Hall–Kier alpha value is -3.54. The number of fused-ring (bicyclic) bond motifs is 1. The molecule has 0 aliphatic heterocycles. The second kappa shape index (κ2) is 9.78. The molecule has 3 rings (SSSR count). The summed E-state index contributed by atoms with van der Waals surface area (Å²) in [5.41, 5.74) is 0.343. The molecule has 0 saturated heterocycles. The van der Waals surface area contributed by atoms with Gasteiger partial charge in [-0.1, -0.05) is 36.4 Å². The van der Waals surface area contributed by atoms with Crippen LogP contribution in [0.5, 0.6) is 17.2 Å². The van der Waals surface area contributed by atoms with E-state index in [1.165, 1.54) is 13.0 Å². The molecule has 0 atom stereocenters. The highest BCUT2D eigenvalue weighted by Crippen LogP contribution is 2.30. The first kappa shape index (κ1) is 21.2. The molecule has 0 saturated carbocycles. The summed E-state index contributed by atoms with van der Waals surface area (Å²) in [6.45, 7) is 2.18. The molecule has 0 aliphatic rings. The zero-order valence-corrected chi connectivity index (χ0v) is 16.8. The first-order chi connectivity index (χ1) is 14.5. The molecule has 0 amide bonds. The number of hydrogen-bond acceptors (Lipinski definition) is 5. The Morgan fingerprint density at radius 1 is 0.867 bits per heavy atom. The van der Waals surface area contributed by atoms with E-state index in [0.29, 0.717) is 24.7 Å². The van der Waals surface area contributed by atoms with Crippen molar-refractivity contribution in [2.75, 3.05) is 13.2 Å². The number of aromatic hydroxyl groups is 1. The third kappa shape index (κ3) is 4.89. The maximum absolute atomic E-state index is 11.7. The largest absolute Gasteiger partial charge is 0.507 e. The van der Waals surface area contributed by atoms with E-state index < -0.39 is 5.97 Å². The van der Waals surface area contributed by atoms with Gasteiger partial charge in [0.1, 0.15) is 28.4 Å². The van der Waals surface area contributed by atoms with E-state index in [1.807, 2.05) is 24.3 Å². The van der Waals surface area contributed by atoms with Crippen molar-refractivity contribution in [1.82, 2.24) is 0 Å². The van der Waals surface area contributed by atoms with Crippen molar-refractivity contribution in [2.45, 2.75) is 26.2 Å². The number of carboxylic acid groups (broad SMARTS) is 1. The minimum Gasteiger partial charge on any atom is -0.507 e. The van der Waals surface area contributed by atoms with E-state index in [4.69, 9.17) is 9.47 Å². The van der Waals surface area contributed by atoms with E-state index in [0.717, 1.165) is 30.0 Å². The fourth-order valence-corrected chi connectivity index (χ4v) is 3.30. The molecule has 156 valence electrons. The molecule has 0 aromatic heterocycles. The molecule has 6 heteroatoms. The molecule has 0 aliphatic carbocycles. The van der Waals surface area contributed by atoms with E-state index in [2.05, 4.69) is 0 Å². The van der Waals surface area contributed by atoms with Gasteiger partial charge in [-0.2, -0.15) is 0 Å². The molecule has 0 bridgehead atoms. The normalized spacial score (nSPS) is 10.7. The summed E-state index contributed by atoms with van der Waals surface area (Å²) >= 11 is 0. The number of phenolic OH excluding ortho intramolecular Hbond substituents is 1. The van der Waals surface area contributed by atoms with Crippen molar-refractivity contribution < 1.29 is 29.3 Å². The average molecular weight is 408 g/mol. The number of carbonyl (C=O) groups excluding carboxylic acids is 1. The highest BCUT2D eigenvalue weighted by atomic mass is 16.5. The van der Waals surface area contributed by atoms with E-state index in [9.17, 15) is 19.8 Å². The van der Waals surface area contributed by atoms with Crippen LogP contribution in [0.15, 0.2) is 54.6 Å². The van der Waals surface area contributed by atoms with Gasteiger partial charge in [0.05, 0.1) is 13.2 Å². The first-order valence-corrected chi connectivity index (χ1v) is 9.82. The number of carbonyl (C=O) groups is 2. The minimum absolute atomic E-state index is 0.0854. The van der Waals surface area contributed by atoms with Crippen LogP contribution in [0.2, 0.25) is 0 Å². The molecule has 0 fully saturated rings. The maximum atomic E-state index is 11.7. The summed E-state index contributed by atoms with van der Waals surface area (Å²) in [6.07, 6.45) is 2.27. The molecule has 6 nitrogen and oxygen atoms in total. The van der Waals surface area contributed by atoms with Crippen LogP contribution in [-0.4, -0.2) is 35.2 Å². The van der Waals surface area contributed by atoms with Gasteiger partial charge in [-0.05, 0) is 49.8 Å². The molecule has 0 spiro atoms. The highest BCUT2D eigenvalue weighted by molar-refractivity contribution is 6.00. The SMILES string of the molecule is CC(=O)c1c(O)cccc1OCCCCCOc1c(C(=O)O)ccc2ccccc12. The molecule has 0 unspecified atom stereocenters. The van der Waals surface area contributed by atoms with Gasteiger partial charge in [0.15, 0.2) is 5.78 Å². The van der Waals surface area contributed by atoms with Gasteiger partial charge < -0.3 is 19.7 Å². The van der Waals surface area contributed by atoms with E-state index in [1.54, 1.807) is 24.3 Å². The van der Waals surface area contributed by atoms with Gasteiger partial charge in [0, 0.05) is 5.39 Å².